The number of amides is 2. The van der Waals surface area contributed by atoms with E-state index in [1.54, 1.807) is 43.3 Å². The summed E-state index contributed by atoms with van der Waals surface area (Å²) in [6.07, 6.45) is 1.74. The number of halogens is 1. The first kappa shape index (κ1) is 32.1. The molecule has 3 rings (SSSR count). The van der Waals surface area contributed by atoms with Crippen LogP contribution in [0.25, 0.3) is 0 Å². The minimum Gasteiger partial charge on any atom is -0.494 e. The van der Waals surface area contributed by atoms with Gasteiger partial charge in [0.25, 0.3) is 10.0 Å². The molecule has 0 aliphatic rings. The van der Waals surface area contributed by atoms with Gasteiger partial charge in [-0.2, -0.15) is 0 Å². The lowest BCUT2D eigenvalue weighted by atomic mass is 10.1. The van der Waals surface area contributed by atoms with Crippen molar-refractivity contribution in [2.75, 3.05) is 24.0 Å². The molecule has 1 atom stereocenters. The molecule has 0 saturated carbocycles. The van der Waals surface area contributed by atoms with Gasteiger partial charge in [-0.15, -0.1) is 0 Å². The van der Waals surface area contributed by atoms with Gasteiger partial charge in [0.2, 0.25) is 11.8 Å². The number of nitrogens with zero attached hydrogens (tertiary/aromatic N) is 2. The molecule has 3 aromatic carbocycles. The van der Waals surface area contributed by atoms with E-state index < -0.39 is 28.5 Å². The fourth-order valence-corrected chi connectivity index (χ4v) is 5.83. The second kappa shape index (κ2) is 15.0. The number of hydrogen-bond donors (Lipinski definition) is 1. The highest BCUT2D eigenvalue weighted by Crippen LogP contribution is 2.27. The number of aryl methyl sites for hydroxylation is 1. The first-order valence-electron chi connectivity index (χ1n) is 13.7. The van der Waals surface area contributed by atoms with E-state index in [1.807, 2.05) is 45.0 Å². The summed E-state index contributed by atoms with van der Waals surface area (Å²) >= 11 is 3.34. The Hall–Kier alpha value is -3.37. The number of anilines is 1. The van der Waals surface area contributed by atoms with E-state index in [4.69, 9.17) is 4.74 Å². The highest BCUT2D eigenvalue weighted by atomic mass is 79.9. The van der Waals surface area contributed by atoms with Crippen molar-refractivity contribution < 1.29 is 22.7 Å². The van der Waals surface area contributed by atoms with Crippen LogP contribution in [0.2, 0.25) is 0 Å². The summed E-state index contributed by atoms with van der Waals surface area (Å²) in [6, 6.07) is 19.7. The Bertz CT molecular complexity index is 1400. The molecule has 2 amide bonds. The Balaban J connectivity index is 2.00. The number of carbonyl (C=O) groups excluding carboxylic acids is 2. The average molecular weight is 645 g/mol. The summed E-state index contributed by atoms with van der Waals surface area (Å²) in [5.74, 6) is -0.206. The van der Waals surface area contributed by atoms with Gasteiger partial charge >= 0.3 is 0 Å². The second-order valence-electron chi connectivity index (χ2n) is 9.72. The molecule has 0 fully saturated rings. The molecule has 1 N–H and O–H groups in total. The van der Waals surface area contributed by atoms with E-state index in [2.05, 4.69) is 21.2 Å². The average Bonchev–Trinajstić information content (AvgIpc) is 2.96. The third kappa shape index (κ3) is 8.81. The van der Waals surface area contributed by atoms with Gasteiger partial charge in [0.1, 0.15) is 18.3 Å². The lowest BCUT2D eigenvalue weighted by Crippen LogP contribution is -2.51. The Labute approximate surface area is 251 Å². The molecule has 1 unspecified atom stereocenters. The molecule has 0 radical (unpaired) electrons. The lowest BCUT2D eigenvalue weighted by molar-refractivity contribution is -0.139. The van der Waals surface area contributed by atoms with Crippen molar-refractivity contribution in [3.8, 4) is 5.75 Å². The van der Waals surface area contributed by atoms with E-state index in [1.165, 1.54) is 17.0 Å². The van der Waals surface area contributed by atoms with Gasteiger partial charge in [0.15, 0.2) is 0 Å². The third-order valence-corrected chi connectivity index (χ3v) is 8.90. The van der Waals surface area contributed by atoms with Crippen LogP contribution in [0.15, 0.2) is 82.2 Å². The van der Waals surface area contributed by atoms with Crippen molar-refractivity contribution in [2.45, 2.75) is 58.0 Å². The Morgan fingerprint density at radius 1 is 0.951 bits per heavy atom. The summed E-state index contributed by atoms with van der Waals surface area (Å²) in [7, 11) is -4.14. The molecular formula is C31H38BrN3O5S. The summed E-state index contributed by atoms with van der Waals surface area (Å²) in [6.45, 7) is 8.15. The van der Waals surface area contributed by atoms with E-state index in [0.29, 0.717) is 24.6 Å². The van der Waals surface area contributed by atoms with E-state index in [0.717, 1.165) is 32.7 Å². The molecule has 0 aliphatic heterocycles. The maximum Gasteiger partial charge on any atom is 0.264 e. The van der Waals surface area contributed by atoms with Crippen molar-refractivity contribution in [3.63, 3.8) is 0 Å². The van der Waals surface area contributed by atoms with Crippen LogP contribution in [0, 0.1) is 6.92 Å². The quantitative estimate of drug-likeness (QED) is 0.228. The van der Waals surface area contributed by atoms with E-state index in [-0.39, 0.29) is 17.3 Å². The van der Waals surface area contributed by atoms with Crippen molar-refractivity contribution >= 4 is 43.5 Å². The van der Waals surface area contributed by atoms with E-state index in [9.17, 15) is 18.0 Å². The zero-order valence-corrected chi connectivity index (χ0v) is 26.4. The number of benzene rings is 3. The zero-order valence-electron chi connectivity index (χ0n) is 24.0. The van der Waals surface area contributed by atoms with Crippen LogP contribution in [-0.4, -0.2) is 50.9 Å². The summed E-state index contributed by atoms with van der Waals surface area (Å²) in [4.78, 5) is 28.5. The molecule has 0 heterocycles. The number of rotatable bonds is 14. The molecular weight excluding hydrogens is 606 g/mol. The van der Waals surface area contributed by atoms with Gasteiger partial charge in [-0.05, 0) is 81.3 Å². The first-order valence-corrected chi connectivity index (χ1v) is 15.9. The second-order valence-corrected chi connectivity index (χ2v) is 12.5. The fraction of sp³-hybridized carbons (Fsp3) is 0.355. The monoisotopic (exact) mass is 643 g/mol. The number of carbonyl (C=O) groups is 2. The minimum atomic E-state index is -4.14. The molecule has 0 saturated heterocycles. The lowest BCUT2D eigenvalue weighted by Gasteiger charge is -2.32. The van der Waals surface area contributed by atoms with Crippen molar-refractivity contribution in [2.24, 2.45) is 0 Å². The Morgan fingerprint density at radius 3 is 2.17 bits per heavy atom. The van der Waals surface area contributed by atoms with Gasteiger partial charge in [-0.25, -0.2) is 8.42 Å². The van der Waals surface area contributed by atoms with Crippen LogP contribution >= 0.6 is 15.9 Å². The summed E-state index contributed by atoms with van der Waals surface area (Å²) in [5.41, 5.74) is 2.21. The molecule has 0 aromatic heterocycles. The van der Waals surface area contributed by atoms with Crippen molar-refractivity contribution in [1.29, 1.82) is 0 Å². The SMILES string of the molecule is CCCCNC(=O)C(C)N(Cc1ccc(C)cc1)C(=O)CN(c1ccc(OCC)cc1)S(=O)(=O)c1ccc(Br)cc1. The van der Waals surface area contributed by atoms with Crippen LogP contribution in [0.4, 0.5) is 5.69 Å². The number of ether oxygens (including phenoxy) is 1. The molecule has 3 aromatic rings. The Kier molecular flexibility index (Phi) is 11.8. The number of unbranched alkanes of at least 4 members (excludes halogenated alkanes) is 1. The van der Waals surface area contributed by atoms with Gasteiger partial charge in [0, 0.05) is 17.6 Å². The van der Waals surface area contributed by atoms with Crippen LogP contribution in [-0.2, 0) is 26.2 Å². The van der Waals surface area contributed by atoms with Crippen molar-refractivity contribution in [3.05, 3.63) is 88.4 Å². The van der Waals surface area contributed by atoms with Crippen LogP contribution in [0.3, 0.4) is 0 Å². The minimum absolute atomic E-state index is 0.0397. The smallest absolute Gasteiger partial charge is 0.264 e. The maximum absolute atomic E-state index is 14.0. The van der Waals surface area contributed by atoms with Gasteiger partial charge in [0.05, 0.1) is 17.2 Å². The Morgan fingerprint density at radius 2 is 1.59 bits per heavy atom. The van der Waals surface area contributed by atoms with Gasteiger partial charge < -0.3 is 15.0 Å². The standard InChI is InChI=1S/C31H38BrN3O5S/c1-5-7-20-33-31(37)24(4)34(21-25-10-8-23(3)9-11-25)30(36)22-35(27-14-16-28(17-15-27)40-6-2)41(38,39)29-18-12-26(32)13-19-29/h8-19,24H,5-7,20-22H2,1-4H3,(H,33,37). The highest BCUT2D eigenvalue weighted by Gasteiger charge is 2.32. The molecule has 41 heavy (non-hydrogen) atoms. The maximum atomic E-state index is 14.0. The van der Waals surface area contributed by atoms with Crippen LogP contribution in [0.1, 0.15) is 44.7 Å². The molecule has 0 spiro atoms. The first-order chi connectivity index (χ1) is 19.6. The largest absolute Gasteiger partial charge is 0.494 e. The van der Waals surface area contributed by atoms with E-state index >= 15 is 0 Å². The van der Waals surface area contributed by atoms with Gasteiger partial charge in [-0.3, -0.25) is 13.9 Å². The molecule has 8 nitrogen and oxygen atoms in total. The highest BCUT2D eigenvalue weighted by molar-refractivity contribution is 9.10. The third-order valence-electron chi connectivity index (χ3n) is 6.59. The molecule has 10 heteroatoms. The normalized spacial score (nSPS) is 11.9. The van der Waals surface area contributed by atoms with Crippen molar-refractivity contribution in [1.82, 2.24) is 10.2 Å². The van der Waals surface area contributed by atoms with Crippen LogP contribution in [0.5, 0.6) is 5.75 Å². The zero-order chi connectivity index (χ0) is 30.0. The molecule has 0 aliphatic carbocycles. The van der Waals surface area contributed by atoms with Crippen LogP contribution < -0.4 is 14.4 Å². The number of sulfonamides is 1. The predicted molar refractivity (Wildman–Crippen MR) is 165 cm³/mol. The number of hydrogen-bond acceptors (Lipinski definition) is 5. The molecule has 220 valence electrons. The topological polar surface area (TPSA) is 96.0 Å². The number of nitrogens with one attached hydrogen (secondary N) is 1. The molecule has 0 bridgehead atoms. The predicted octanol–water partition coefficient (Wildman–Crippen LogP) is 5.69. The summed E-state index contributed by atoms with van der Waals surface area (Å²) in [5, 5.41) is 2.90. The van der Waals surface area contributed by atoms with Gasteiger partial charge in [-0.1, -0.05) is 59.1 Å². The summed E-state index contributed by atoms with van der Waals surface area (Å²) < 4.78 is 35.2. The fourth-order valence-electron chi connectivity index (χ4n) is 4.15.